The molecule has 0 bridgehead atoms. The third-order valence-electron chi connectivity index (χ3n) is 3.78. The predicted octanol–water partition coefficient (Wildman–Crippen LogP) is 3.92. The monoisotopic (exact) mass is 390 g/mol. The maximum Gasteiger partial charge on any atom is 0.337 e. The largest absolute Gasteiger partial charge is 0.465 e. The number of ether oxygens (including phenoxy) is 1. The number of esters is 1. The van der Waals surface area contributed by atoms with Gasteiger partial charge in [-0.1, -0.05) is 25.4 Å². The number of carbonyl (C=O) groups is 2. The molecule has 0 radical (unpaired) electrons. The number of benzene rings is 1. The predicted molar refractivity (Wildman–Crippen MR) is 105 cm³/mol. The van der Waals surface area contributed by atoms with Gasteiger partial charge >= 0.3 is 5.97 Å². The molecule has 27 heavy (non-hydrogen) atoms. The second-order valence-electron chi connectivity index (χ2n) is 5.87. The molecule has 1 N–H and O–H groups in total. The van der Waals surface area contributed by atoms with E-state index < -0.39 is 5.97 Å². The quantitative estimate of drug-likeness (QED) is 0.687. The zero-order valence-corrected chi connectivity index (χ0v) is 16.4. The van der Waals surface area contributed by atoms with E-state index in [0.29, 0.717) is 35.1 Å². The summed E-state index contributed by atoms with van der Waals surface area (Å²) < 4.78 is 4.71. The van der Waals surface area contributed by atoms with E-state index in [9.17, 15) is 9.59 Å². The summed E-state index contributed by atoms with van der Waals surface area (Å²) in [5, 5.41) is 3.35. The molecule has 0 unspecified atom stereocenters. The lowest BCUT2D eigenvalue weighted by Gasteiger charge is -2.21. The van der Waals surface area contributed by atoms with Crippen LogP contribution in [0.1, 0.15) is 47.5 Å². The molecule has 0 aliphatic rings. The van der Waals surface area contributed by atoms with Crippen molar-refractivity contribution in [2.45, 2.75) is 26.7 Å². The normalized spacial score (nSPS) is 10.4. The molecule has 1 amide bonds. The number of anilines is 2. The molecule has 2 rings (SSSR count). The third-order valence-corrected chi connectivity index (χ3v) is 4.11. The topological polar surface area (TPSA) is 84.4 Å². The van der Waals surface area contributed by atoms with Crippen molar-refractivity contribution in [3.05, 3.63) is 46.7 Å². The molecule has 0 atom stereocenters. The van der Waals surface area contributed by atoms with Gasteiger partial charge in [0.1, 0.15) is 5.69 Å². The number of halogens is 1. The van der Waals surface area contributed by atoms with Gasteiger partial charge in [0.2, 0.25) is 5.95 Å². The maximum atomic E-state index is 12.7. The minimum atomic E-state index is -0.477. The van der Waals surface area contributed by atoms with E-state index in [1.807, 2.05) is 13.8 Å². The van der Waals surface area contributed by atoms with Crippen LogP contribution in [0.5, 0.6) is 0 Å². The van der Waals surface area contributed by atoms with E-state index in [0.717, 1.165) is 12.8 Å². The Labute approximate surface area is 163 Å². The molecule has 2 aromatic rings. The van der Waals surface area contributed by atoms with E-state index >= 15 is 0 Å². The molecule has 0 fully saturated rings. The van der Waals surface area contributed by atoms with Crippen molar-refractivity contribution in [1.82, 2.24) is 14.9 Å². The smallest absolute Gasteiger partial charge is 0.337 e. The summed E-state index contributed by atoms with van der Waals surface area (Å²) in [5.74, 6) is -0.398. The van der Waals surface area contributed by atoms with Crippen LogP contribution in [-0.2, 0) is 4.74 Å². The van der Waals surface area contributed by atoms with Gasteiger partial charge < -0.3 is 15.0 Å². The van der Waals surface area contributed by atoms with Gasteiger partial charge in [0.15, 0.2) is 0 Å². The van der Waals surface area contributed by atoms with Gasteiger partial charge in [0.05, 0.1) is 23.4 Å². The fourth-order valence-corrected chi connectivity index (χ4v) is 2.71. The highest BCUT2D eigenvalue weighted by Crippen LogP contribution is 2.25. The van der Waals surface area contributed by atoms with E-state index in [-0.39, 0.29) is 11.9 Å². The van der Waals surface area contributed by atoms with Crippen LogP contribution in [0, 0.1) is 0 Å². The summed E-state index contributed by atoms with van der Waals surface area (Å²) in [5.41, 5.74) is 1.09. The van der Waals surface area contributed by atoms with E-state index in [2.05, 4.69) is 15.3 Å². The Morgan fingerprint density at radius 3 is 2.52 bits per heavy atom. The number of rotatable bonds is 8. The summed E-state index contributed by atoms with van der Waals surface area (Å²) >= 11 is 6.18. The van der Waals surface area contributed by atoms with Crippen molar-refractivity contribution in [1.29, 1.82) is 0 Å². The summed E-state index contributed by atoms with van der Waals surface area (Å²) in [7, 11) is 1.31. The highest BCUT2D eigenvalue weighted by molar-refractivity contribution is 6.33. The molecule has 0 aliphatic carbocycles. The Hall–Kier alpha value is -2.67. The molecule has 0 aliphatic heterocycles. The van der Waals surface area contributed by atoms with Crippen LogP contribution in [0.3, 0.4) is 0 Å². The molecule has 1 aromatic heterocycles. The Kier molecular flexibility index (Phi) is 7.55. The Morgan fingerprint density at radius 1 is 1.19 bits per heavy atom. The van der Waals surface area contributed by atoms with Crippen LogP contribution in [0.4, 0.5) is 11.6 Å². The first-order valence-corrected chi connectivity index (χ1v) is 9.15. The van der Waals surface area contributed by atoms with Gasteiger partial charge in [-0.3, -0.25) is 4.79 Å². The number of nitrogens with one attached hydrogen (secondary N) is 1. The second kappa shape index (κ2) is 9.87. The van der Waals surface area contributed by atoms with Gasteiger partial charge in [0.25, 0.3) is 5.91 Å². The van der Waals surface area contributed by atoms with Crippen LogP contribution in [0.15, 0.2) is 30.5 Å². The first-order chi connectivity index (χ1) is 13.0. The number of aromatic nitrogens is 2. The zero-order chi connectivity index (χ0) is 19.8. The van der Waals surface area contributed by atoms with Crippen LogP contribution in [-0.4, -0.2) is 46.9 Å². The average Bonchev–Trinajstić information content (AvgIpc) is 2.68. The molecule has 7 nitrogen and oxygen atoms in total. The van der Waals surface area contributed by atoms with Gasteiger partial charge in [-0.2, -0.15) is 0 Å². The Bertz CT molecular complexity index is 807. The lowest BCUT2D eigenvalue weighted by atomic mass is 10.2. The zero-order valence-electron chi connectivity index (χ0n) is 15.7. The minimum Gasteiger partial charge on any atom is -0.465 e. The molecular formula is C19H23ClN4O3. The van der Waals surface area contributed by atoms with E-state index in [1.54, 1.807) is 29.2 Å². The van der Waals surface area contributed by atoms with Crippen LogP contribution >= 0.6 is 11.6 Å². The molecule has 0 spiro atoms. The highest BCUT2D eigenvalue weighted by atomic mass is 35.5. The number of nitrogens with zero attached hydrogens (tertiary/aromatic N) is 3. The van der Waals surface area contributed by atoms with Crippen molar-refractivity contribution in [2.24, 2.45) is 0 Å². The second-order valence-corrected chi connectivity index (χ2v) is 6.28. The molecular weight excluding hydrogens is 368 g/mol. The van der Waals surface area contributed by atoms with Crippen LogP contribution in [0.2, 0.25) is 5.02 Å². The van der Waals surface area contributed by atoms with Gasteiger partial charge in [-0.05, 0) is 37.1 Å². The van der Waals surface area contributed by atoms with E-state index in [1.165, 1.54) is 13.3 Å². The first kappa shape index (κ1) is 20.6. The van der Waals surface area contributed by atoms with Crippen molar-refractivity contribution in [3.8, 4) is 0 Å². The standard InChI is InChI=1S/C19H23ClN4O3/c1-4-10-24(11-5-2)17(25)15-8-9-21-19(22-15)23-16-12-13(18(26)27-3)6-7-14(16)20/h6-9,12H,4-5,10-11H2,1-3H3,(H,21,22,23). The first-order valence-electron chi connectivity index (χ1n) is 8.77. The minimum absolute atomic E-state index is 0.140. The third kappa shape index (κ3) is 5.40. The lowest BCUT2D eigenvalue weighted by molar-refractivity contribution is 0.0600. The van der Waals surface area contributed by atoms with Gasteiger partial charge in [0, 0.05) is 19.3 Å². The molecule has 1 heterocycles. The van der Waals surface area contributed by atoms with Crippen molar-refractivity contribution in [2.75, 3.05) is 25.5 Å². The fraction of sp³-hybridized carbons (Fsp3) is 0.368. The summed E-state index contributed by atoms with van der Waals surface area (Å²) in [4.78, 5) is 34.6. The summed E-state index contributed by atoms with van der Waals surface area (Å²) in [6.07, 6.45) is 3.26. The van der Waals surface area contributed by atoms with Crippen molar-refractivity contribution >= 4 is 35.1 Å². The van der Waals surface area contributed by atoms with Crippen molar-refractivity contribution < 1.29 is 14.3 Å². The Balaban J connectivity index is 2.25. The maximum absolute atomic E-state index is 12.7. The number of hydrogen-bond acceptors (Lipinski definition) is 6. The molecule has 144 valence electrons. The van der Waals surface area contributed by atoms with E-state index in [4.69, 9.17) is 16.3 Å². The van der Waals surface area contributed by atoms with Gasteiger partial charge in [-0.25, -0.2) is 14.8 Å². The summed E-state index contributed by atoms with van der Waals surface area (Å²) in [6.45, 7) is 5.40. The molecule has 0 saturated carbocycles. The van der Waals surface area contributed by atoms with Gasteiger partial charge in [-0.15, -0.1) is 0 Å². The SMILES string of the molecule is CCCN(CCC)C(=O)c1ccnc(Nc2cc(C(=O)OC)ccc2Cl)n1. The number of hydrogen-bond donors (Lipinski definition) is 1. The number of carbonyl (C=O) groups excluding carboxylic acids is 2. The van der Waals surface area contributed by atoms with Crippen LogP contribution in [0.25, 0.3) is 0 Å². The molecule has 8 heteroatoms. The highest BCUT2D eigenvalue weighted by Gasteiger charge is 2.17. The fourth-order valence-electron chi connectivity index (χ4n) is 2.54. The summed E-state index contributed by atoms with van der Waals surface area (Å²) in [6, 6.07) is 6.27. The lowest BCUT2D eigenvalue weighted by Crippen LogP contribution is -2.33. The molecule has 0 saturated heterocycles. The number of methoxy groups -OCH3 is 1. The number of amides is 1. The Morgan fingerprint density at radius 2 is 1.89 bits per heavy atom. The van der Waals surface area contributed by atoms with Crippen LogP contribution < -0.4 is 5.32 Å². The van der Waals surface area contributed by atoms with Crippen molar-refractivity contribution in [3.63, 3.8) is 0 Å². The molecule has 1 aromatic carbocycles. The average molecular weight is 391 g/mol.